The monoisotopic (exact) mass is 218 g/mol. The van der Waals surface area contributed by atoms with Gasteiger partial charge in [0.1, 0.15) is 0 Å². The van der Waals surface area contributed by atoms with Crippen LogP contribution in [0.1, 0.15) is 25.7 Å². The minimum Gasteiger partial charge on any atom is -0.326 e. The molecule has 0 amide bonds. The molecule has 1 saturated heterocycles. The van der Waals surface area contributed by atoms with Crippen LogP contribution in [0.15, 0.2) is 0 Å². The molecular weight excluding hydrogens is 200 g/mol. The first-order valence-electron chi connectivity index (χ1n) is 5.33. The molecule has 0 aromatic heterocycles. The average molecular weight is 218 g/mol. The zero-order valence-electron chi connectivity index (χ0n) is 8.35. The molecule has 1 atom stereocenters. The van der Waals surface area contributed by atoms with Gasteiger partial charge in [0.2, 0.25) is 10.0 Å². The normalized spacial score (nSPS) is 26.6. The molecule has 82 valence electrons. The lowest BCUT2D eigenvalue weighted by Crippen LogP contribution is -2.39. The molecule has 14 heavy (non-hydrogen) atoms. The van der Waals surface area contributed by atoms with Crippen molar-refractivity contribution in [3.05, 3.63) is 0 Å². The number of hydrogen-bond donors (Lipinski definition) is 1. The number of nitrogens with two attached hydrogens (primary N) is 1. The van der Waals surface area contributed by atoms with Crippen molar-refractivity contribution < 1.29 is 8.42 Å². The van der Waals surface area contributed by atoms with Crippen LogP contribution in [0, 0.1) is 5.92 Å². The lowest BCUT2D eigenvalue weighted by molar-refractivity contribution is 0.469. The molecule has 1 unspecified atom stereocenters. The van der Waals surface area contributed by atoms with Gasteiger partial charge in [-0.15, -0.1) is 0 Å². The minimum absolute atomic E-state index is 0.138. The number of rotatable bonds is 4. The average Bonchev–Trinajstić information content (AvgIpc) is 2.80. The molecule has 0 aromatic carbocycles. The molecule has 4 nitrogen and oxygen atoms in total. The summed E-state index contributed by atoms with van der Waals surface area (Å²) in [5.41, 5.74) is 5.83. The van der Waals surface area contributed by atoms with Gasteiger partial charge in [-0.05, 0) is 31.6 Å². The van der Waals surface area contributed by atoms with E-state index in [2.05, 4.69) is 0 Å². The maximum atomic E-state index is 11.8. The summed E-state index contributed by atoms with van der Waals surface area (Å²) in [6, 6.07) is -0.138. The van der Waals surface area contributed by atoms with E-state index >= 15 is 0 Å². The topological polar surface area (TPSA) is 63.4 Å². The van der Waals surface area contributed by atoms with Gasteiger partial charge in [0.05, 0.1) is 5.75 Å². The van der Waals surface area contributed by atoms with Crippen molar-refractivity contribution in [1.82, 2.24) is 4.31 Å². The fourth-order valence-electron chi connectivity index (χ4n) is 1.98. The first-order chi connectivity index (χ1) is 6.59. The molecule has 0 bridgehead atoms. The highest BCUT2D eigenvalue weighted by Crippen LogP contribution is 2.32. The van der Waals surface area contributed by atoms with E-state index in [1.54, 1.807) is 4.31 Å². The summed E-state index contributed by atoms with van der Waals surface area (Å²) in [5, 5.41) is 0. The molecule has 0 radical (unpaired) electrons. The molecule has 0 aromatic rings. The second kappa shape index (κ2) is 3.79. The summed E-state index contributed by atoms with van der Waals surface area (Å²) >= 11 is 0. The Labute approximate surface area is 85.5 Å². The standard InChI is InChI=1S/C9H18N2O2S/c10-9(8-3-4-8)7-14(12,13)11-5-1-2-6-11/h8-9H,1-7,10H2. The highest BCUT2D eigenvalue weighted by Gasteiger charge is 2.34. The van der Waals surface area contributed by atoms with E-state index in [-0.39, 0.29) is 11.8 Å². The Bertz CT molecular complexity index is 292. The van der Waals surface area contributed by atoms with Crippen molar-refractivity contribution in [2.24, 2.45) is 11.7 Å². The SMILES string of the molecule is NC(CS(=O)(=O)N1CCCC1)C1CC1. The predicted octanol–water partition coefficient (Wildman–Crippen LogP) is 0.149. The molecule has 2 fully saturated rings. The summed E-state index contributed by atoms with van der Waals surface area (Å²) in [7, 11) is -3.06. The van der Waals surface area contributed by atoms with Gasteiger partial charge < -0.3 is 5.73 Å². The maximum Gasteiger partial charge on any atom is 0.215 e. The van der Waals surface area contributed by atoms with Crippen LogP contribution in [0.4, 0.5) is 0 Å². The van der Waals surface area contributed by atoms with Crippen LogP contribution in [0.2, 0.25) is 0 Å². The smallest absolute Gasteiger partial charge is 0.215 e. The van der Waals surface area contributed by atoms with E-state index in [1.807, 2.05) is 0 Å². The third-order valence-electron chi connectivity index (χ3n) is 3.09. The van der Waals surface area contributed by atoms with Crippen LogP contribution in [-0.2, 0) is 10.0 Å². The number of sulfonamides is 1. The highest BCUT2D eigenvalue weighted by atomic mass is 32.2. The number of hydrogen-bond acceptors (Lipinski definition) is 3. The first-order valence-corrected chi connectivity index (χ1v) is 6.94. The summed E-state index contributed by atoms with van der Waals surface area (Å²) < 4.78 is 25.2. The molecular formula is C9H18N2O2S. The van der Waals surface area contributed by atoms with Crippen LogP contribution >= 0.6 is 0 Å². The second-order valence-electron chi connectivity index (χ2n) is 4.39. The third-order valence-corrected chi connectivity index (χ3v) is 5.05. The van der Waals surface area contributed by atoms with Crippen molar-refractivity contribution in [2.45, 2.75) is 31.7 Å². The molecule has 1 aliphatic carbocycles. The Morgan fingerprint density at radius 2 is 1.86 bits per heavy atom. The molecule has 0 spiro atoms. The van der Waals surface area contributed by atoms with Crippen molar-refractivity contribution in [3.8, 4) is 0 Å². The van der Waals surface area contributed by atoms with E-state index in [0.29, 0.717) is 19.0 Å². The Morgan fingerprint density at radius 1 is 1.29 bits per heavy atom. The quantitative estimate of drug-likeness (QED) is 0.730. The largest absolute Gasteiger partial charge is 0.326 e. The first kappa shape index (κ1) is 10.4. The van der Waals surface area contributed by atoms with Crippen molar-refractivity contribution >= 4 is 10.0 Å². The van der Waals surface area contributed by atoms with Crippen LogP contribution in [0.3, 0.4) is 0 Å². The molecule has 1 aliphatic heterocycles. The van der Waals surface area contributed by atoms with Crippen molar-refractivity contribution in [3.63, 3.8) is 0 Å². The lowest BCUT2D eigenvalue weighted by atomic mass is 10.2. The molecule has 2 N–H and O–H groups in total. The van der Waals surface area contributed by atoms with Gasteiger partial charge >= 0.3 is 0 Å². The Kier molecular flexibility index (Phi) is 2.81. The van der Waals surface area contributed by atoms with Crippen LogP contribution in [-0.4, -0.2) is 37.6 Å². The van der Waals surface area contributed by atoms with Gasteiger partial charge in [-0.3, -0.25) is 0 Å². The molecule has 1 saturated carbocycles. The molecule has 2 aliphatic rings. The summed E-state index contributed by atoms with van der Waals surface area (Å²) in [4.78, 5) is 0. The van der Waals surface area contributed by atoms with Gasteiger partial charge in [0.15, 0.2) is 0 Å². The third kappa shape index (κ3) is 2.27. The second-order valence-corrected chi connectivity index (χ2v) is 6.40. The van der Waals surface area contributed by atoms with E-state index in [1.165, 1.54) is 0 Å². The zero-order chi connectivity index (χ0) is 10.2. The van der Waals surface area contributed by atoms with Crippen LogP contribution in [0.25, 0.3) is 0 Å². The summed E-state index contributed by atoms with van der Waals surface area (Å²) in [6.45, 7) is 1.39. The van der Waals surface area contributed by atoms with Crippen LogP contribution in [0.5, 0.6) is 0 Å². The molecule has 5 heteroatoms. The Hall–Kier alpha value is -0.130. The lowest BCUT2D eigenvalue weighted by Gasteiger charge is -2.18. The maximum absolute atomic E-state index is 11.8. The van der Waals surface area contributed by atoms with Gasteiger partial charge in [0, 0.05) is 19.1 Å². The molecule has 2 rings (SSSR count). The highest BCUT2D eigenvalue weighted by molar-refractivity contribution is 7.89. The van der Waals surface area contributed by atoms with E-state index < -0.39 is 10.0 Å². The number of nitrogens with zero attached hydrogens (tertiary/aromatic N) is 1. The minimum atomic E-state index is -3.06. The molecule has 1 heterocycles. The van der Waals surface area contributed by atoms with Gasteiger partial charge in [-0.2, -0.15) is 0 Å². The van der Waals surface area contributed by atoms with Gasteiger partial charge in [-0.25, -0.2) is 12.7 Å². The van der Waals surface area contributed by atoms with Crippen LogP contribution < -0.4 is 5.73 Å². The van der Waals surface area contributed by atoms with Crippen molar-refractivity contribution in [1.29, 1.82) is 0 Å². The van der Waals surface area contributed by atoms with E-state index in [4.69, 9.17) is 5.73 Å². The zero-order valence-corrected chi connectivity index (χ0v) is 9.17. The summed E-state index contributed by atoms with van der Waals surface area (Å²) in [6.07, 6.45) is 4.21. The van der Waals surface area contributed by atoms with Gasteiger partial charge in [-0.1, -0.05) is 0 Å². The summed E-state index contributed by atoms with van der Waals surface area (Å²) in [5.74, 6) is 0.616. The van der Waals surface area contributed by atoms with Gasteiger partial charge in [0.25, 0.3) is 0 Å². The fourth-order valence-corrected chi connectivity index (χ4v) is 3.76. The predicted molar refractivity (Wildman–Crippen MR) is 55.3 cm³/mol. The van der Waals surface area contributed by atoms with E-state index in [0.717, 1.165) is 25.7 Å². The fraction of sp³-hybridized carbons (Fsp3) is 1.00. The van der Waals surface area contributed by atoms with E-state index in [9.17, 15) is 8.42 Å². The Morgan fingerprint density at radius 3 is 2.36 bits per heavy atom. The Balaban J connectivity index is 1.93. The van der Waals surface area contributed by atoms with Crippen molar-refractivity contribution in [2.75, 3.05) is 18.8 Å².